The average Bonchev–Trinajstić information content (AvgIpc) is 3.23. The highest BCUT2D eigenvalue weighted by atomic mass is 32.1. The number of nitrogens with zero attached hydrogens (tertiary/aromatic N) is 3. The van der Waals surface area contributed by atoms with Gasteiger partial charge in [0.25, 0.3) is 0 Å². The van der Waals surface area contributed by atoms with Crippen molar-refractivity contribution < 1.29 is 9.84 Å². The molecule has 1 aliphatic rings. The number of morpholine rings is 1. The Morgan fingerprint density at radius 2 is 1.70 bits per heavy atom. The molecule has 0 unspecified atom stereocenters. The zero-order valence-corrected chi connectivity index (χ0v) is 17.4. The Hall–Kier alpha value is -2.80. The molecule has 0 radical (unpaired) electrons. The number of aliphatic hydroxyl groups excluding tert-OH is 1. The van der Waals surface area contributed by atoms with Crippen LogP contribution in [0.2, 0.25) is 0 Å². The summed E-state index contributed by atoms with van der Waals surface area (Å²) in [4.78, 5) is 11.8. The van der Waals surface area contributed by atoms with Crippen molar-refractivity contribution in [2.75, 3.05) is 31.2 Å². The SMILES string of the molecule is OCc1ccc(-c2csc3cnc(Cc4ccc(N5CCOCC5)cc4)nc23)cc1. The third kappa shape index (κ3) is 3.94. The maximum Gasteiger partial charge on any atom is 0.133 e. The van der Waals surface area contributed by atoms with Gasteiger partial charge < -0.3 is 14.7 Å². The van der Waals surface area contributed by atoms with Gasteiger partial charge in [0.15, 0.2) is 0 Å². The van der Waals surface area contributed by atoms with Gasteiger partial charge in [-0.1, -0.05) is 36.4 Å². The highest BCUT2D eigenvalue weighted by Gasteiger charge is 2.12. The molecule has 1 aliphatic heterocycles. The van der Waals surface area contributed by atoms with E-state index < -0.39 is 0 Å². The van der Waals surface area contributed by atoms with Crippen LogP contribution in [0, 0.1) is 0 Å². The third-order valence-electron chi connectivity index (χ3n) is 5.49. The largest absolute Gasteiger partial charge is 0.392 e. The molecule has 4 aromatic rings. The Morgan fingerprint density at radius 3 is 2.43 bits per heavy atom. The third-order valence-corrected chi connectivity index (χ3v) is 6.39. The molecule has 1 N–H and O–H groups in total. The molecule has 0 saturated carbocycles. The fraction of sp³-hybridized carbons (Fsp3) is 0.250. The maximum atomic E-state index is 9.27. The van der Waals surface area contributed by atoms with Crippen LogP contribution in [0.25, 0.3) is 21.3 Å². The van der Waals surface area contributed by atoms with Gasteiger partial charge in [0, 0.05) is 42.3 Å². The molecule has 6 heteroatoms. The van der Waals surface area contributed by atoms with Crippen LogP contribution < -0.4 is 4.90 Å². The number of hydrogen-bond acceptors (Lipinski definition) is 6. The van der Waals surface area contributed by atoms with Crippen LogP contribution in [-0.2, 0) is 17.8 Å². The zero-order valence-electron chi connectivity index (χ0n) is 16.6. The summed E-state index contributed by atoms with van der Waals surface area (Å²) in [5, 5.41) is 11.4. The van der Waals surface area contributed by atoms with Crippen LogP contribution in [-0.4, -0.2) is 41.4 Å². The van der Waals surface area contributed by atoms with E-state index in [2.05, 4.69) is 39.5 Å². The quantitative estimate of drug-likeness (QED) is 0.525. The molecule has 30 heavy (non-hydrogen) atoms. The lowest BCUT2D eigenvalue weighted by molar-refractivity contribution is 0.122. The van der Waals surface area contributed by atoms with E-state index in [0.717, 1.165) is 59.0 Å². The van der Waals surface area contributed by atoms with Crippen LogP contribution in [0.1, 0.15) is 17.0 Å². The number of anilines is 1. The topological polar surface area (TPSA) is 58.5 Å². The second kappa shape index (κ2) is 8.52. The highest BCUT2D eigenvalue weighted by Crippen LogP contribution is 2.32. The first-order valence-electron chi connectivity index (χ1n) is 10.1. The molecule has 3 heterocycles. The monoisotopic (exact) mass is 417 g/mol. The number of rotatable bonds is 5. The van der Waals surface area contributed by atoms with Crippen LogP contribution in [0.4, 0.5) is 5.69 Å². The minimum absolute atomic E-state index is 0.0569. The van der Waals surface area contributed by atoms with Crippen molar-refractivity contribution in [1.29, 1.82) is 0 Å². The van der Waals surface area contributed by atoms with E-state index in [0.29, 0.717) is 6.42 Å². The van der Waals surface area contributed by atoms with Crippen molar-refractivity contribution in [3.05, 3.63) is 77.1 Å². The van der Waals surface area contributed by atoms with Crippen LogP contribution in [0.5, 0.6) is 0 Å². The summed E-state index contributed by atoms with van der Waals surface area (Å²) >= 11 is 1.66. The van der Waals surface area contributed by atoms with Gasteiger partial charge in [0.2, 0.25) is 0 Å². The number of ether oxygens (including phenoxy) is 1. The minimum atomic E-state index is 0.0569. The van der Waals surface area contributed by atoms with Crippen molar-refractivity contribution in [2.24, 2.45) is 0 Å². The molecule has 1 saturated heterocycles. The Balaban J connectivity index is 1.38. The number of hydrogen-bond donors (Lipinski definition) is 1. The van der Waals surface area contributed by atoms with Gasteiger partial charge >= 0.3 is 0 Å². The molecular formula is C24H23N3O2S. The fourth-order valence-electron chi connectivity index (χ4n) is 3.77. The predicted octanol–water partition coefficient (Wildman–Crippen LogP) is 4.28. The second-order valence-corrected chi connectivity index (χ2v) is 8.36. The Labute approximate surface area is 179 Å². The van der Waals surface area contributed by atoms with E-state index in [1.807, 2.05) is 30.5 Å². The van der Waals surface area contributed by atoms with Crippen molar-refractivity contribution in [1.82, 2.24) is 9.97 Å². The van der Waals surface area contributed by atoms with E-state index in [1.165, 1.54) is 11.3 Å². The van der Waals surface area contributed by atoms with E-state index in [9.17, 15) is 5.11 Å². The first-order chi connectivity index (χ1) is 14.8. The van der Waals surface area contributed by atoms with E-state index in [4.69, 9.17) is 9.72 Å². The van der Waals surface area contributed by atoms with Gasteiger partial charge in [-0.25, -0.2) is 9.97 Å². The lowest BCUT2D eigenvalue weighted by Crippen LogP contribution is -2.36. The van der Waals surface area contributed by atoms with Gasteiger partial charge in [-0.15, -0.1) is 11.3 Å². The van der Waals surface area contributed by atoms with E-state index >= 15 is 0 Å². The molecular weight excluding hydrogens is 394 g/mol. The molecule has 2 aromatic carbocycles. The first-order valence-corrected chi connectivity index (χ1v) is 11.0. The van der Waals surface area contributed by atoms with Gasteiger partial charge in [-0.3, -0.25) is 0 Å². The number of benzene rings is 2. The fourth-order valence-corrected chi connectivity index (χ4v) is 4.65. The van der Waals surface area contributed by atoms with Crippen LogP contribution >= 0.6 is 11.3 Å². The summed E-state index contributed by atoms with van der Waals surface area (Å²) in [6.07, 6.45) is 2.63. The van der Waals surface area contributed by atoms with Crippen molar-refractivity contribution >= 4 is 27.2 Å². The molecule has 0 atom stereocenters. The summed E-state index contributed by atoms with van der Waals surface area (Å²) in [7, 11) is 0. The van der Waals surface area contributed by atoms with Crippen molar-refractivity contribution in [2.45, 2.75) is 13.0 Å². The number of aromatic nitrogens is 2. The summed E-state index contributed by atoms with van der Waals surface area (Å²) in [6, 6.07) is 16.7. The maximum absolute atomic E-state index is 9.27. The van der Waals surface area contributed by atoms with Crippen LogP contribution in [0.15, 0.2) is 60.1 Å². The van der Waals surface area contributed by atoms with Gasteiger partial charge in [0.1, 0.15) is 5.82 Å². The van der Waals surface area contributed by atoms with Gasteiger partial charge in [0.05, 0.1) is 30.0 Å². The molecule has 1 fully saturated rings. The molecule has 0 bridgehead atoms. The Bertz CT molecular complexity index is 1130. The normalized spacial score (nSPS) is 14.4. The highest BCUT2D eigenvalue weighted by molar-refractivity contribution is 7.17. The number of aliphatic hydroxyl groups is 1. The summed E-state index contributed by atoms with van der Waals surface area (Å²) in [5.41, 5.74) is 6.57. The number of fused-ring (bicyclic) bond motifs is 1. The molecule has 2 aromatic heterocycles. The summed E-state index contributed by atoms with van der Waals surface area (Å²) in [5.74, 6) is 0.827. The summed E-state index contributed by atoms with van der Waals surface area (Å²) in [6.45, 7) is 3.53. The second-order valence-electron chi connectivity index (χ2n) is 7.45. The Morgan fingerprint density at radius 1 is 0.967 bits per heavy atom. The summed E-state index contributed by atoms with van der Waals surface area (Å²) < 4.78 is 6.52. The number of thiophene rings is 1. The average molecular weight is 418 g/mol. The van der Waals surface area contributed by atoms with Gasteiger partial charge in [-0.05, 0) is 28.8 Å². The van der Waals surface area contributed by atoms with Crippen molar-refractivity contribution in [3.63, 3.8) is 0 Å². The van der Waals surface area contributed by atoms with E-state index in [-0.39, 0.29) is 6.61 Å². The van der Waals surface area contributed by atoms with Crippen LogP contribution in [0.3, 0.4) is 0 Å². The predicted molar refractivity (Wildman–Crippen MR) is 121 cm³/mol. The molecule has 5 nitrogen and oxygen atoms in total. The molecule has 0 amide bonds. The Kier molecular flexibility index (Phi) is 5.45. The molecule has 0 aliphatic carbocycles. The smallest absolute Gasteiger partial charge is 0.133 e. The minimum Gasteiger partial charge on any atom is -0.392 e. The van der Waals surface area contributed by atoms with E-state index in [1.54, 1.807) is 11.3 Å². The molecule has 0 spiro atoms. The molecule has 5 rings (SSSR count). The van der Waals surface area contributed by atoms with Crippen molar-refractivity contribution in [3.8, 4) is 11.1 Å². The molecule has 152 valence electrons. The first kappa shape index (κ1) is 19.2. The lowest BCUT2D eigenvalue weighted by atomic mass is 10.1. The van der Waals surface area contributed by atoms with Gasteiger partial charge in [-0.2, -0.15) is 0 Å². The lowest BCUT2D eigenvalue weighted by Gasteiger charge is -2.28. The zero-order chi connectivity index (χ0) is 20.3. The standard InChI is InChI=1S/C24H23N3O2S/c28-15-18-1-5-19(6-2-18)21-16-30-22-14-25-23(26-24(21)22)13-17-3-7-20(8-4-17)27-9-11-29-12-10-27/h1-8,14,16,28H,9-13,15H2.